The number of rotatable bonds is 4. The summed E-state index contributed by atoms with van der Waals surface area (Å²) in [5.74, 6) is 0.346. The molecular formula is C23H20N2. The topological polar surface area (TPSA) is 24.7 Å². The summed E-state index contributed by atoms with van der Waals surface area (Å²) >= 11 is 0. The lowest BCUT2D eigenvalue weighted by molar-refractivity contribution is 0.780. The third-order valence-corrected chi connectivity index (χ3v) is 4.53. The molecule has 0 aromatic heterocycles. The van der Waals surface area contributed by atoms with Gasteiger partial charge < -0.3 is 0 Å². The minimum absolute atomic E-state index is 0.346. The van der Waals surface area contributed by atoms with Crippen molar-refractivity contribution in [2.75, 3.05) is 0 Å². The van der Waals surface area contributed by atoms with Gasteiger partial charge in [0.25, 0.3) is 0 Å². The van der Waals surface area contributed by atoms with Crippen LogP contribution in [0.15, 0.2) is 89.1 Å². The van der Waals surface area contributed by atoms with Crippen LogP contribution >= 0.6 is 0 Å². The van der Waals surface area contributed by atoms with E-state index in [0.717, 1.165) is 23.3 Å². The van der Waals surface area contributed by atoms with E-state index in [-0.39, 0.29) is 0 Å². The molecule has 0 heterocycles. The van der Waals surface area contributed by atoms with Gasteiger partial charge in [0.05, 0.1) is 0 Å². The van der Waals surface area contributed by atoms with Crippen molar-refractivity contribution in [3.63, 3.8) is 0 Å². The van der Waals surface area contributed by atoms with E-state index in [9.17, 15) is 0 Å². The highest BCUT2D eigenvalue weighted by Crippen LogP contribution is 2.36. The highest BCUT2D eigenvalue weighted by atomic mass is 15.2. The Kier molecular flexibility index (Phi) is 4.26. The zero-order chi connectivity index (χ0) is 17.1. The van der Waals surface area contributed by atoms with Crippen molar-refractivity contribution < 1.29 is 0 Å². The maximum atomic E-state index is 4.57. The van der Waals surface area contributed by atoms with Crippen LogP contribution in [0.5, 0.6) is 0 Å². The van der Waals surface area contributed by atoms with Crippen molar-refractivity contribution >= 4 is 11.9 Å². The largest absolute Gasteiger partial charge is 0.163 e. The van der Waals surface area contributed by atoms with Gasteiger partial charge >= 0.3 is 0 Å². The van der Waals surface area contributed by atoms with Crippen molar-refractivity contribution in [2.45, 2.75) is 13.3 Å². The van der Waals surface area contributed by atoms with Crippen LogP contribution < -0.4 is 0 Å². The van der Waals surface area contributed by atoms with Gasteiger partial charge in [-0.2, -0.15) is 10.2 Å². The van der Waals surface area contributed by atoms with Gasteiger partial charge in [-0.05, 0) is 29.0 Å². The molecule has 0 N–H and O–H groups in total. The second kappa shape index (κ2) is 6.86. The van der Waals surface area contributed by atoms with E-state index in [1.165, 1.54) is 16.7 Å². The minimum Gasteiger partial charge on any atom is -0.163 e. The number of hydrogen-bond acceptors (Lipinski definition) is 2. The second-order valence-corrected chi connectivity index (χ2v) is 6.47. The summed E-state index contributed by atoms with van der Waals surface area (Å²) in [7, 11) is 0. The molecule has 0 aliphatic heterocycles. The van der Waals surface area contributed by atoms with Gasteiger partial charge in [-0.3, -0.25) is 0 Å². The summed E-state index contributed by atoms with van der Waals surface area (Å²) in [6.07, 6.45) is 2.92. The van der Waals surface area contributed by atoms with Gasteiger partial charge in [-0.25, -0.2) is 0 Å². The second-order valence-electron chi connectivity index (χ2n) is 6.47. The van der Waals surface area contributed by atoms with Crippen LogP contribution in [-0.4, -0.2) is 11.9 Å². The zero-order valence-corrected chi connectivity index (χ0v) is 14.3. The number of hydrogen-bond donors (Lipinski definition) is 0. The van der Waals surface area contributed by atoms with Crippen molar-refractivity contribution in [1.82, 2.24) is 0 Å². The lowest BCUT2D eigenvalue weighted by Crippen LogP contribution is -2.01. The van der Waals surface area contributed by atoms with Gasteiger partial charge in [0.1, 0.15) is 5.71 Å². The van der Waals surface area contributed by atoms with Crippen LogP contribution in [0, 0.1) is 5.92 Å². The molecule has 3 aromatic rings. The molecule has 0 saturated carbocycles. The van der Waals surface area contributed by atoms with Crippen LogP contribution in [-0.2, 0) is 6.42 Å². The SMILES string of the molecule is C[C@@H](/C=N\N=C1c2ccccc2-c2ccccc21)Cc1ccccc1. The average Bonchev–Trinajstić information content (AvgIpc) is 2.97. The van der Waals surface area contributed by atoms with Crippen LogP contribution in [0.2, 0.25) is 0 Å². The van der Waals surface area contributed by atoms with Gasteiger partial charge in [0.15, 0.2) is 0 Å². The fourth-order valence-electron chi connectivity index (χ4n) is 3.35. The van der Waals surface area contributed by atoms with Crippen molar-refractivity contribution in [2.24, 2.45) is 16.1 Å². The summed E-state index contributed by atoms with van der Waals surface area (Å²) in [5, 5.41) is 8.98. The molecule has 1 atom stereocenters. The quantitative estimate of drug-likeness (QED) is 0.356. The van der Waals surface area contributed by atoms with Gasteiger partial charge in [0.2, 0.25) is 0 Å². The first kappa shape index (κ1) is 15.5. The Morgan fingerprint density at radius 3 is 1.84 bits per heavy atom. The summed E-state index contributed by atoms with van der Waals surface area (Å²) in [5.41, 5.74) is 7.10. The maximum Gasteiger partial charge on any atom is 0.101 e. The summed E-state index contributed by atoms with van der Waals surface area (Å²) in [4.78, 5) is 0. The minimum atomic E-state index is 0.346. The summed E-state index contributed by atoms with van der Waals surface area (Å²) < 4.78 is 0. The molecule has 0 spiro atoms. The predicted molar refractivity (Wildman–Crippen MR) is 105 cm³/mol. The van der Waals surface area contributed by atoms with Gasteiger partial charge in [0, 0.05) is 17.3 Å². The van der Waals surface area contributed by atoms with Crippen molar-refractivity contribution in [3.8, 4) is 11.1 Å². The summed E-state index contributed by atoms with van der Waals surface area (Å²) in [6.45, 7) is 2.17. The normalized spacial score (nSPS) is 13.6. The Hall–Kier alpha value is -3.00. The van der Waals surface area contributed by atoms with Crippen LogP contribution in [0.1, 0.15) is 23.6 Å². The Morgan fingerprint density at radius 2 is 1.24 bits per heavy atom. The first-order chi connectivity index (χ1) is 12.3. The molecule has 1 aliphatic carbocycles. The van der Waals surface area contributed by atoms with Gasteiger partial charge in [-0.15, -0.1) is 0 Å². The maximum absolute atomic E-state index is 4.57. The number of benzene rings is 3. The molecule has 0 unspecified atom stereocenters. The first-order valence-electron chi connectivity index (χ1n) is 8.67. The van der Waals surface area contributed by atoms with E-state index in [4.69, 9.17) is 0 Å². The highest BCUT2D eigenvalue weighted by Gasteiger charge is 2.23. The molecule has 0 amide bonds. The van der Waals surface area contributed by atoms with E-state index in [1.54, 1.807) is 0 Å². The van der Waals surface area contributed by atoms with E-state index in [2.05, 4.69) is 89.9 Å². The highest BCUT2D eigenvalue weighted by molar-refractivity contribution is 6.24. The molecule has 25 heavy (non-hydrogen) atoms. The smallest absolute Gasteiger partial charge is 0.101 e. The molecular weight excluding hydrogens is 304 g/mol. The Bertz CT molecular complexity index is 892. The van der Waals surface area contributed by atoms with Crippen LogP contribution in [0.4, 0.5) is 0 Å². The monoisotopic (exact) mass is 324 g/mol. The molecule has 0 fully saturated rings. The molecule has 1 aliphatic rings. The standard InChI is InChI=1S/C23H20N2/c1-17(15-18-9-3-2-4-10-18)16-24-25-23-21-13-7-5-11-19(21)20-12-6-8-14-22(20)23/h2-14,16-17H,15H2,1H3/b24-16-/t17-/m1/s1. The fourth-order valence-corrected chi connectivity index (χ4v) is 3.35. The predicted octanol–water partition coefficient (Wildman–Crippen LogP) is 5.37. The van der Waals surface area contributed by atoms with Crippen molar-refractivity contribution in [3.05, 3.63) is 95.6 Å². The Morgan fingerprint density at radius 1 is 0.720 bits per heavy atom. The van der Waals surface area contributed by atoms with Gasteiger partial charge in [-0.1, -0.05) is 85.8 Å². The Labute approximate surface area is 148 Å². The Balaban J connectivity index is 1.59. The number of fused-ring (bicyclic) bond motifs is 3. The molecule has 3 aromatic carbocycles. The van der Waals surface area contributed by atoms with Crippen LogP contribution in [0.25, 0.3) is 11.1 Å². The van der Waals surface area contributed by atoms with E-state index in [1.807, 2.05) is 12.3 Å². The number of nitrogens with zero attached hydrogens (tertiary/aromatic N) is 2. The molecule has 0 saturated heterocycles. The molecule has 2 heteroatoms. The third kappa shape index (κ3) is 3.16. The third-order valence-electron chi connectivity index (χ3n) is 4.53. The van der Waals surface area contributed by atoms with E-state index in [0.29, 0.717) is 5.92 Å². The van der Waals surface area contributed by atoms with Crippen LogP contribution in [0.3, 0.4) is 0 Å². The van der Waals surface area contributed by atoms with Crippen molar-refractivity contribution in [1.29, 1.82) is 0 Å². The average molecular weight is 324 g/mol. The molecule has 122 valence electrons. The molecule has 0 radical (unpaired) electrons. The molecule has 2 nitrogen and oxygen atoms in total. The fraction of sp³-hybridized carbons (Fsp3) is 0.130. The molecule has 4 rings (SSSR count). The molecule has 0 bridgehead atoms. The van der Waals surface area contributed by atoms with E-state index >= 15 is 0 Å². The first-order valence-corrected chi connectivity index (χ1v) is 8.67. The zero-order valence-electron chi connectivity index (χ0n) is 14.3. The lowest BCUT2D eigenvalue weighted by atomic mass is 10.0. The summed E-state index contributed by atoms with van der Waals surface area (Å²) in [6, 6.07) is 27.3. The lowest BCUT2D eigenvalue weighted by Gasteiger charge is -2.04. The van der Waals surface area contributed by atoms with E-state index < -0.39 is 0 Å².